The number of carbonyl (C=O) groups is 2. The average molecular weight is 471 g/mol. The summed E-state index contributed by atoms with van der Waals surface area (Å²) in [4.78, 5) is 39.6. The van der Waals surface area contributed by atoms with Crippen molar-refractivity contribution in [1.82, 2.24) is 10.3 Å². The average Bonchev–Trinajstić information content (AvgIpc) is 3.36. The number of pyridine rings is 1. The van der Waals surface area contributed by atoms with Gasteiger partial charge in [-0.15, -0.1) is 0 Å². The highest BCUT2D eigenvalue weighted by atomic mass is 16.2. The maximum atomic E-state index is 13.4. The maximum Gasteiger partial charge on any atom is 0.253 e. The van der Waals surface area contributed by atoms with Crippen molar-refractivity contribution in [3.63, 3.8) is 0 Å². The van der Waals surface area contributed by atoms with Crippen molar-refractivity contribution < 1.29 is 9.59 Å². The standard InChI is InChI=1S/C28H30N4O3/c1-17-11-18(2)31-28(35)25(17)15-30-27(34)23-12-21(20-9-7-19(16-33)8-10-20)13-26(24(23)14-29)32-22-5-3-4-6-22/h7-14,16,22,29,32H,3-6,15H2,1-2H3,(H,30,34)(H,31,35). The summed E-state index contributed by atoms with van der Waals surface area (Å²) < 4.78 is 0. The van der Waals surface area contributed by atoms with Crippen LogP contribution in [0.2, 0.25) is 0 Å². The van der Waals surface area contributed by atoms with Crippen LogP contribution in [0.1, 0.15) is 68.8 Å². The van der Waals surface area contributed by atoms with Crippen molar-refractivity contribution >= 4 is 24.1 Å². The summed E-state index contributed by atoms with van der Waals surface area (Å²) in [5.41, 5.74) is 5.72. The molecule has 1 saturated carbocycles. The molecule has 0 atom stereocenters. The summed E-state index contributed by atoms with van der Waals surface area (Å²) in [6.07, 6.45) is 6.40. The molecule has 7 nitrogen and oxygen atoms in total. The van der Waals surface area contributed by atoms with E-state index in [0.717, 1.165) is 60.0 Å². The van der Waals surface area contributed by atoms with Crippen LogP contribution in [0.5, 0.6) is 0 Å². The first-order chi connectivity index (χ1) is 16.9. The van der Waals surface area contributed by atoms with Crippen LogP contribution >= 0.6 is 0 Å². The molecular weight excluding hydrogens is 440 g/mol. The van der Waals surface area contributed by atoms with Gasteiger partial charge < -0.3 is 21.0 Å². The predicted octanol–water partition coefficient (Wildman–Crippen LogP) is 4.75. The number of amides is 1. The zero-order chi connectivity index (χ0) is 24.9. The molecule has 4 rings (SSSR count). The smallest absolute Gasteiger partial charge is 0.253 e. The second-order valence-corrected chi connectivity index (χ2v) is 9.12. The lowest BCUT2D eigenvalue weighted by atomic mass is 9.96. The van der Waals surface area contributed by atoms with Crippen LogP contribution in [0.15, 0.2) is 47.3 Å². The first kappa shape index (κ1) is 24.1. The molecule has 0 saturated heterocycles. The van der Waals surface area contributed by atoms with E-state index in [-0.39, 0.29) is 18.0 Å². The van der Waals surface area contributed by atoms with E-state index in [1.54, 1.807) is 18.2 Å². The van der Waals surface area contributed by atoms with Crippen LogP contribution in [0.3, 0.4) is 0 Å². The van der Waals surface area contributed by atoms with E-state index in [1.165, 1.54) is 6.21 Å². The number of aromatic amines is 1. The minimum absolute atomic E-state index is 0.0847. The number of H-pyrrole nitrogens is 1. The second-order valence-electron chi connectivity index (χ2n) is 9.12. The molecule has 4 N–H and O–H groups in total. The molecular formula is C28H30N4O3. The first-order valence-electron chi connectivity index (χ1n) is 11.9. The zero-order valence-electron chi connectivity index (χ0n) is 20.0. The second kappa shape index (κ2) is 10.5. The van der Waals surface area contributed by atoms with Gasteiger partial charge in [-0.3, -0.25) is 14.4 Å². The van der Waals surface area contributed by atoms with Crippen LogP contribution in [0, 0.1) is 19.3 Å². The Hall–Kier alpha value is -4.00. The minimum atomic E-state index is -0.358. The lowest BCUT2D eigenvalue weighted by molar-refractivity contribution is 0.0950. The van der Waals surface area contributed by atoms with Gasteiger partial charge in [0.25, 0.3) is 11.5 Å². The zero-order valence-corrected chi connectivity index (χ0v) is 20.0. The van der Waals surface area contributed by atoms with Crippen LogP contribution in [0.4, 0.5) is 5.69 Å². The monoisotopic (exact) mass is 470 g/mol. The summed E-state index contributed by atoms with van der Waals surface area (Å²) in [5.74, 6) is -0.358. The molecule has 1 aliphatic carbocycles. The van der Waals surface area contributed by atoms with Crippen molar-refractivity contribution in [2.24, 2.45) is 0 Å². The highest BCUT2D eigenvalue weighted by molar-refractivity contribution is 6.06. The van der Waals surface area contributed by atoms with Crippen LogP contribution in [0.25, 0.3) is 11.1 Å². The number of hydrogen-bond acceptors (Lipinski definition) is 5. The minimum Gasteiger partial charge on any atom is -0.382 e. The Morgan fingerprint density at radius 2 is 1.80 bits per heavy atom. The molecule has 0 spiro atoms. The lowest BCUT2D eigenvalue weighted by Gasteiger charge is -2.20. The van der Waals surface area contributed by atoms with E-state index in [0.29, 0.717) is 28.3 Å². The van der Waals surface area contributed by atoms with Crippen molar-refractivity contribution in [2.75, 3.05) is 5.32 Å². The first-order valence-corrected chi connectivity index (χ1v) is 11.9. The summed E-state index contributed by atoms with van der Waals surface area (Å²) in [6.45, 7) is 3.75. The quantitative estimate of drug-likeness (QED) is 0.281. The highest BCUT2D eigenvalue weighted by Gasteiger charge is 2.21. The Morgan fingerprint density at radius 3 is 2.43 bits per heavy atom. The number of hydrogen-bond donors (Lipinski definition) is 4. The van der Waals surface area contributed by atoms with Crippen LogP contribution in [-0.4, -0.2) is 29.4 Å². The number of nitrogens with one attached hydrogen (secondary N) is 4. The summed E-state index contributed by atoms with van der Waals surface area (Å²) in [5, 5.41) is 14.5. The van der Waals surface area contributed by atoms with Crippen molar-refractivity contribution in [2.45, 2.75) is 52.1 Å². The molecule has 1 heterocycles. The molecule has 0 bridgehead atoms. The fourth-order valence-electron chi connectivity index (χ4n) is 4.69. The molecule has 3 aromatic rings. The van der Waals surface area contributed by atoms with E-state index in [4.69, 9.17) is 5.41 Å². The highest BCUT2D eigenvalue weighted by Crippen LogP contribution is 2.31. The molecule has 2 aromatic carbocycles. The predicted molar refractivity (Wildman–Crippen MR) is 139 cm³/mol. The lowest BCUT2D eigenvalue weighted by Crippen LogP contribution is -2.29. The molecule has 180 valence electrons. The van der Waals surface area contributed by atoms with Gasteiger partial charge in [-0.05, 0) is 61.6 Å². The van der Waals surface area contributed by atoms with Crippen molar-refractivity contribution in [1.29, 1.82) is 5.41 Å². The maximum absolute atomic E-state index is 13.4. The normalized spacial score (nSPS) is 13.4. The Balaban J connectivity index is 1.71. The summed E-state index contributed by atoms with van der Waals surface area (Å²) in [6, 6.07) is 13.1. The van der Waals surface area contributed by atoms with E-state index in [9.17, 15) is 14.4 Å². The van der Waals surface area contributed by atoms with Gasteiger partial charge in [0.1, 0.15) is 6.29 Å². The number of benzene rings is 2. The van der Waals surface area contributed by atoms with Crippen molar-refractivity contribution in [3.05, 3.63) is 86.3 Å². The fourth-order valence-corrected chi connectivity index (χ4v) is 4.69. The van der Waals surface area contributed by atoms with Crippen LogP contribution in [-0.2, 0) is 6.54 Å². The molecule has 1 aromatic heterocycles. The fraction of sp³-hybridized carbons (Fsp3) is 0.286. The SMILES string of the molecule is Cc1cc(C)c(CNC(=O)c2cc(-c3ccc(C=O)cc3)cc(NC3CCCC3)c2C=N)c(=O)[nH]1. The van der Waals surface area contributed by atoms with Crippen molar-refractivity contribution in [3.8, 4) is 11.1 Å². The van der Waals surface area contributed by atoms with Gasteiger partial charge >= 0.3 is 0 Å². The molecule has 35 heavy (non-hydrogen) atoms. The number of aryl methyl sites for hydroxylation is 2. The topological polar surface area (TPSA) is 115 Å². The molecule has 1 amide bonds. The van der Waals surface area contributed by atoms with Gasteiger partial charge in [-0.2, -0.15) is 0 Å². The van der Waals surface area contributed by atoms with E-state index in [1.807, 2.05) is 38.1 Å². The van der Waals surface area contributed by atoms with Gasteiger partial charge in [0.15, 0.2) is 0 Å². The Morgan fingerprint density at radius 1 is 1.09 bits per heavy atom. The van der Waals surface area contributed by atoms with Gasteiger partial charge in [0.2, 0.25) is 0 Å². The van der Waals surface area contributed by atoms with Crippen LogP contribution < -0.4 is 16.2 Å². The van der Waals surface area contributed by atoms with Gasteiger partial charge in [0.05, 0.1) is 5.56 Å². The molecule has 1 aliphatic rings. The third-order valence-corrected chi connectivity index (χ3v) is 6.58. The molecule has 0 unspecified atom stereocenters. The summed E-state index contributed by atoms with van der Waals surface area (Å²) in [7, 11) is 0. The van der Waals surface area contributed by atoms with E-state index < -0.39 is 0 Å². The number of carbonyl (C=O) groups excluding carboxylic acids is 2. The number of aldehydes is 1. The Kier molecular flexibility index (Phi) is 7.25. The van der Waals surface area contributed by atoms with Gasteiger partial charge in [-0.25, -0.2) is 0 Å². The molecule has 0 aliphatic heterocycles. The Bertz CT molecular complexity index is 1320. The largest absolute Gasteiger partial charge is 0.382 e. The number of anilines is 1. The van der Waals surface area contributed by atoms with Gasteiger partial charge in [0, 0.05) is 46.9 Å². The Labute approximate surface area is 204 Å². The van der Waals surface area contributed by atoms with Gasteiger partial charge in [-0.1, -0.05) is 37.1 Å². The number of rotatable bonds is 8. The molecule has 0 radical (unpaired) electrons. The molecule has 1 fully saturated rings. The third-order valence-electron chi connectivity index (χ3n) is 6.58. The summed E-state index contributed by atoms with van der Waals surface area (Å²) >= 11 is 0. The van der Waals surface area contributed by atoms with E-state index in [2.05, 4.69) is 15.6 Å². The number of aromatic nitrogens is 1. The van der Waals surface area contributed by atoms with E-state index >= 15 is 0 Å². The third kappa shape index (κ3) is 5.40. The molecule has 7 heteroatoms.